The van der Waals surface area contributed by atoms with Crippen molar-refractivity contribution in [3.8, 4) is 11.3 Å². The number of aromatic amines is 1. The Hall–Kier alpha value is -1.75. The van der Waals surface area contributed by atoms with Crippen molar-refractivity contribution in [2.45, 2.75) is 24.4 Å². The molecule has 1 aromatic heterocycles. The quantitative estimate of drug-likeness (QED) is 0.845. The van der Waals surface area contributed by atoms with Gasteiger partial charge in [0.2, 0.25) is 0 Å². The lowest BCUT2D eigenvalue weighted by Crippen LogP contribution is -2.07. The second-order valence-corrected chi connectivity index (χ2v) is 5.71. The summed E-state index contributed by atoms with van der Waals surface area (Å²) in [6.07, 6.45) is 0.924. The molecule has 5 heteroatoms. The standard InChI is InChI=1S/C14H14N2O2S/c1-8-6-11-13(10-5-3-2-4-9(8)10)16-14(15-11)19-7-12(17)18/h2-5,8H,6-7H2,1H3,(H,15,16)(H,17,18). The zero-order valence-corrected chi connectivity index (χ0v) is 11.3. The fourth-order valence-electron chi connectivity index (χ4n) is 2.51. The third kappa shape index (κ3) is 2.26. The summed E-state index contributed by atoms with van der Waals surface area (Å²) in [5.74, 6) is -0.335. The molecule has 0 saturated heterocycles. The van der Waals surface area contributed by atoms with Crippen molar-refractivity contribution in [1.29, 1.82) is 0 Å². The molecule has 0 bridgehead atoms. The van der Waals surface area contributed by atoms with Gasteiger partial charge in [0.1, 0.15) is 0 Å². The van der Waals surface area contributed by atoms with E-state index in [-0.39, 0.29) is 5.75 Å². The van der Waals surface area contributed by atoms with Gasteiger partial charge in [-0.25, -0.2) is 4.98 Å². The number of aliphatic carboxylic acids is 1. The third-order valence-corrected chi connectivity index (χ3v) is 4.20. The molecule has 1 aliphatic carbocycles. The third-order valence-electron chi connectivity index (χ3n) is 3.35. The Morgan fingerprint density at radius 3 is 3.11 bits per heavy atom. The molecule has 1 atom stereocenters. The summed E-state index contributed by atoms with van der Waals surface area (Å²) in [5.41, 5.74) is 4.56. The number of aromatic nitrogens is 2. The number of H-pyrrole nitrogens is 1. The van der Waals surface area contributed by atoms with Gasteiger partial charge in [-0.2, -0.15) is 0 Å². The molecule has 1 aromatic carbocycles. The number of carboxylic acid groups (broad SMARTS) is 1. The first-order valence-corrected chi connectivity index (χ1v) is 7.16. The van der Waals surface area contributed by atoms with Crippen molar-refractivity contribution in [2.24, 2.45) is 0 Å². The SMILES string of the molecule is CC1Cc2[nH]c(SCC(=O)O)nc2-c2ccccc21. The highest BCUT2D eigenvalue weighted by Gasteiger charge is 2.24. The highest BCUT2D eigenvalue weighted by atomic mass is 32.2. The van der Waals surface area contributed by atoms with Crippen LogP contribution in [0, 0.1) is 0 Å². The highest BCUT2D eigenvalue weighted by molar-refractivity contribution is 7.99. The molecular formula is C14H14N2O2S. The number of fused-ring (bicyclic) bond motifs is 3. The smallest absolute Gasteiger partial charge is 0.313 e. The number of thioether (sulfide) groups is 1. The molecule has 98 valence electrons. The van der Waals surface area contributed by atoms with Crippen LogP contribution in [-0.4, -0.2) is 26.8 Å². The molecular weight excluding hydrogens is 260 g/mol. The largest absolute Gasteiger partial charge is 0.481 e. The maximum Gasteiger partial charge on any atom is 0.313 e. The number of hydrogen-bond acceptors (Lipinski definition) is 3. The fourth-order valence-corrected chi connectivity index (χ4v) is 3.12. The molecule has 1 unspecified atom stereocenters. The lowest BCUT2D eigenvalue weighted by molar-refractivity contribution is -0.133. The van der Waals surface area contributed by atoms with Crippen molar-refractivity contribution in [1.82, 2.24) is 9.97 Å². The fraction of sp³-hybridized carbons (Fsp3) is 0.286. The van der Waals surface area contributed by atoms with E-state index in [4.69, 9.17) is 5.11 Å². The van der Waals surface area contributed by atoms with E-state index in [1.165, 1.54) is 17.3 Å². The molecule has 3 rings (SSSR count). The van der Waals surface area contributed by atoms with Gasteiger partial charge in [-0.1, -0.05) is 43.0 Å². The Labute approximate surface area is 115 Å². The Kier molecular flexibility index (Phi) is 3.06. The van der Waals surface area contributed by atoms with Gasteiger partial charge in [0.05, 0.1) is 11.4 Å². The van der Waals surface area contributed by atoms with Gasteiger partial charge in [0, 0.05) is 11.3 Å². The minimum Gasteiger partial charge on any atom is -0.481 e. The van der Waals surface area contributed by atoms with Gasteiger partial charge in [-0.15, -0.1) is 0 Å². The van der Waals surface area contributed by atoms with Gasteiger partial charge >= 0.3 is 5.97 Å². The summed E-state index contributed by atoms with van der Waals surface area (Å²) in [6.45, 7) is 2.20. The summed E-state index contributed by atoms with van der Waals surface area (Å²) < 4.78 is 0. The molecule has 2 N–H and O–H groups in total. The van der Waals surface area contributed by atoms with Crippen LogP contribution in [0.3, 0.4) is 0 Å². The second-order valence-electron chi connectivity index (χ2n) is 4.74. The number of benzene rings is 1. The first kappa shape index (κ1) is 12.3. The number of rotatable bonds is 3. The molecule has 1 heterocycles. The van der Waals surface area contributed by atoms with E-state index >= 15 is 0 Å². The maximum atomic E-state index is 10.6. The summed E-state index contributed by atoms with van der Waals surface area (Å²) >= 11 is 1.23. The molecule has 0 radical (unpaired) electrons. The Balaban J connectivity index is 1.98. The average Bonchev–Trinajstić information content (AvgIpc) is 2.80. The lowest BCUT2D eigenvalue weighted by Gasteiger charge is -2.21. The van der Waals surface area contributed by atoms with E-state index in [2.05, 4.69) is 29.0 Å². The van der Waals surface area contributed by atoms with Crippen molar-refractivity contribution in [3.05, 3.63) is 35.5 Å². The molecule has 0 spiro atoms. The first-order chi connectivity index (χ1) is 9.15. The van der Waals surface area contributed by atoms with Crippen LogP contribution >= 0.6 is 11.8 Å². The molecule has 19 heavy (non-hydrogen) atoms. The second kappa shape index (κ2) is 4.74. The van der Waals surface area contributed by atoms with Gasteiger partial charge in [0.25, 0.3) is 0 Å². The number of nitrogens with zero attached hydrogens (tertiary/aromatic N) is 1. The van der Waals surface area contributed by atoms with Crippen molar-refractivity contribution >= 4 is 17.7 Å². The van der Waals surface area contributed by atoms with Crippen LogP contribution in [0.25, 0.3) is 11.3 Å². The van der Waals surface area contributed by atoms with E-state index in [9.17, 15) is 4.79 Å². The van der Waals surface area contributed by atoms with Crippen LogP contribution in [0.4, 0.5) is 0 Å². The lowest BCUT2D eigenvalue weighted by atomic mass is 9.85. The zero-order chi connectivity index (χ0) is 13.4. The van der Waals surface area contributed by atoms with Crippen molar-refractivity contribution < 1.29 is 9.90 Å². The number of imidazole rings is 1. The van der Waals surface area contributed by atoms with Gasteiger partial charge in [-0.05, 0) is 17.9 Å². The Morgan fingerprint density at radius 1 is 1.53 bits per heavy atom. The molecule has 2 aromatic rings. The van der Waals surface area contributed by atoms with E-state index in [0.29, 0.717) is 11.1 Å². The number of nitrogens with one attached hydrogen (secondary N) is 1. The van der Waals surface area contributed by atoms with Crippen LogP contribution in [0.5, 0.6) is 0 Å². The molecule has 0 amide bonds. The summed E-state index contributed by atoms with van der Waals surface area (Å²) in [4.78, 5) is 18.4. The van der Waals surface area contributed by atoms with Crippen LogP contribution < -0.4 is 0 Å². The number of hydrogen-bond donors (Lipinski definition) is 2. The Morgan fingerprint density at radius 2 is 2.32 bits per heavy atom. The zero-order valence-electron chi connectivity index (χ0n) is 10.5. The topological polar surface area (TPSA) is 66.0 Å². The maximum absolute atomic E-state index is 10.6. The van der Waals surface area contributed by atoms with Gasteiger partial charge in [0.15, 0.2) is 5.16 Å². The van der Waals surface area contributed by atoms with Crippen LogP contribution in [0.15, 0.2) is 29.4 Å². The van der Waals surface area contributed by atoms with E-state index < -0.39 is 5.97 Å². The number of carbonyl (C=O) groups is 1. The highest BCUT2D eigenvalue weighted by Crippen LogP contribution is 2.38. The summed E-state index contributed by atoms with van der Waals surface area (Å²) in [7, 11) is 0. The molecule has 0 fully saturated rings. The minimum atomic E-state index is -0.826. The Bertz CT molecular complexity index is 636. The normalized spacial score (nSPS) is 16.8. The van der Waals surface area contributed by atoms with Crippen LogP contribution in [0.1, 0.15) is 24.1 Å². The predicted octanol–water partition coefficient (Wildman–Crippen LogP) is 2.91. The van der Waals surface area contributed by atoms with E-state index in [1.54, 1.807) is 0 Å². The van der Waals surface area contributed by atoms with Crippen LogP contribution in [0.2, 0.25) is 0 Å². The molecule has 1 aliphatic rings. The van der Waals surface area contributed by atoms with E-state index in [0.717, 1.165) is 23.4 Å². The molecule has 4 nitrogen and oxygen atoms in total. The minimum absolute atomic E-state index is 0.0313. The van der Waals surface area contributed by atoms with Gasteiger partial charge in [-0.3, -0.25) is 4.79 Å². The van der Waals surface area contributed by atoms with Crippen LogP contribution in [-0.2, 0) is 11.2 Å². The van der Waals surface area contributed by atoms with Crippen molar-refractivity contribution in [3.63, 3.8) is 0 Å². The van der Waals surface area contributed by atoms with Crippen molar-refractivity contribution in [2.75, 3.05) is 5.75 Å². The monoisotopic (exact) mass is 274 g/mol. The average molecular weight is 274 g/mol. The predicted molar refractivity (Wildman–Crippen MR) is 74.5 cm³/mol. The van der Waals surface area contributed by atoms with E-state index in [1.807, 2.05) is 12.1 Å². The first-order valence-electron chi connectivity index (χ1n) is 6.18. The molecule has 0 aliphatic heterocycles. The number of carboxylic acids is 1. The summed E-state index contributed by atoms with van der Waals surface area (Å²) in [6, 6.07) is 8.28. The van der Waals surface area contributed by atoms with Gasteiger partial charge < -0.3 is 10.1 Å². The summed E-state index contributed by atoms with van der Waals surface area (Å²) in [5, 5.41) is 9.41. The molecule has 0 saturated carbocycles.